The van der Waals surface area contributed by atoms with Crippen molar-refractivity contribution >= 4 is 5.82 Å². The van der Waals surface area contributed by atoms with E-state index in [1.54, 1.807) is 6.07 Å². The maximum Gasteiger partial charge on any atom is 0.573 e. The molecule has 0 amide bonds. The summed E-state index contributed by atoms with van der Waals surface area (Å²) in [7, 11) is 0. The number of halogens is 3. The van der Waals surface area contributed by atoms with Crippen molar-refractivity contribution < 1.29 is 17.9 Å². The van der Waals surface area contributed by atoms with Crippen LogP contribution in [-0.4, -0.2) is 11.3 Å². The Morgan fingerprint density at radius 3 is 2.18 bits per heavy atom. The fourth-order valence-electron chi connectivity index (χ4n) is 2.79. The van der Waals surface area contributed by atoms with E-state index in [0.717, 1.165) is 16.7 Å². The van der Waals surface area contributed by atoms with Crippen LogP contribution in [0.5, 0.6) is 5.75 Å². The average molecular weight is 383 g/mol. The van der Waals surface area contributed by atoms with Crippen molar-refractivity contribution in [2.75, 3.05) is 5.73 Å². The molecule has 142 valence electrons. The maximum atomic E-state index is 12.3. The Hall–Kier alpha value is -3.53. The van der Waals surface area contributed by atoms with Crippen molar-refractivity contribution in [2.24, 2.45) is 0 Å². The van der Waals surface area contributed by atoms with Crippen LogP contribution in [0.15, 0.2) is 48.5 Å². The smallest absolute Gasteiger partial charge is 0.406 e. The van der Waals surface area contributed by atoms with Gasteiger partial charge in [0.1, 0.15) is 23.2 Å². The lowest BCUT2D eigenvalue weighted by Gasteiger charge is -2.12. The molecular formula is C21H16F3N3O. The van der Waals surface area contributed by atoms with E-state index in [4.69, 9.17) is 5.73 Å². The Kier molecular flexibility index (Phi) is 4.97. The lowest BCUT2D eigenvalue weighted by molar-refractivity contribution is -0.274. The topological polar surface area (TPSA) is 71.9 Å². The van der Waals surface area contributed by atoms with Crippen LogP contribution in [0.1, 0.15) is 16.7 Å². The third-order valence-corrected chi connectivity index (χ3v) is 4.36. The van der Waals surface area contributed by atoms with Crippen LogP contribution in [0.25, 0.3) is 22.4 Å². The van der Waals surface area contributed by atoms with E-state index in [-0.39, 0.29) is 17.1 Å². The number of benzene rings is 2. The number of nitrogens with zero attached hydrogens (tertiary/aromatic N) is 2. The molecular weight excluding hydrogens is 367 g/mol. The molecule has 3 aromatic rings. The summed E-state index contributed by atoms with van der Waals surface area (Å²) in [6, 6.07) is 14.8. The number of hydrogen-bond acceptors (Lipinski definition) is 4. The molecule has 7 heteroatoms. The quantitative estimate of drug-likeness (QED) is 0.659. The first kappa shape index (κ1) is 19.2. The number of hydrogen-bond donors (Lipinski definition) is 1. The van der Waals surface area contributed by atoms with Crippen LogP contribution >= 0.6 is 0 Å². The molecule has 1 aromatic heterocycles. The summed E-state index contributed by atoms with van der Waals surface area (Å²) in [4.78, 5) is 4.32. The number of ether oxygens (including phenoxy) is 1. The second kappa shape index (κ2) is 7.24. The molecule has 2 N–H and O–H groups in total. The molecule has 0 saturated heterocycles. The number of anilines is 1. The number of aromatic nitrogens is 1. The summed E-state index contributed by atoms with van der Waals surface area (Å²) < 4.78 is 40.9. The predicted octanol–water partition coefficient (Wildman–Crippen LogP) is 5.38. The zero-order chi connectivity index (χ0) is 20.5. The van der Waals surface area contributed by atoms with Gasteiger partial charge in [-0.15, -0.1) is 13.2 Å². The fourth-order valence-corrected chi connectivity index (χ4v) is 2.79. The Bertz CT molecular complexity index is 1070. The van der Waals surface area contributed by atoms with Crippen molar-refractivity contribution in [1.82, 2.24) is 4.98 Å². The Morgan fingerprint density at radius 2 is 1.61 bits per heavy atom. The normalized spacial score (nSPS) is 11.1. The largest absolute Gasteiger partial charge is 0.573 e. The highest BCUT2D eigenvalue weighted by Crippen LogP contribution is 2.33. The summed E-state index contributed by atoms with van der Waals surface area (Å²) in [6.07, 6.45) is -4.77. The number of rotatable bonds is 3. The van der Waals surface area contributed by atoms with Gasteiger partial charge in [0.15, 0.2) is 0 Å². The van der Waals surface area contributed by atoms with Crippen molar-refractivity contribution in [3.8, 4) is 34.2 Å². The highest BCUT2D eigenvalue weighted by molar-refractivity contribution is 5.80. The van der Waals surface area contributed by atoms with Gasteiger partial charge in [-0.3, -0.25) is 0 Å². The van der Waals surface area contributed by atoms with Crippen molar-refractivity contribution in [2.45, 2.75) is 20.2 Å². The predicted molar refractivity (Wildman–Crippen MR) is 100 cm³/mol. The van der Waals surface area contributed by atoms with Crippen molar-refractivity contribution in [3.05, 3.63) is 65.2 Å². The highest BCUT2D eigenvalue weighted by atomic mass is 19.4. The molecule has 0 atom stereocenters. The SMILES string of the molecule is Cc1ccc(-c2cc(-c3ccc(OC(F)(F)F)cc3)c(C#N)c(N)n2)cc1C. The molecule has 0 spiro atoms. The first-order chi connectivity index (χ1) is 13.2. The second-order valence-corrected chi connectivity index (χ2v) is 6.30. The Morgan fingerprint density at radius 1 is 0.964 bits per heavy atom. The zero-order valence-corrected chi connectivity index (χ0v) is 15.1. The van der Waals surface area contributed by atoms with Crippen LogP contribution in [-0.2, 0) is 0 Å². The summed E-state index contributed by atoms with van der Waals surface area (Å²) in [5, 5.41) is 9.47. The van der Waals surface area contributed by atoms with Gasteiger partial charge in [0.05, 0.1) is 5.69 Å². The van der Waals surface area contributed by atoms with Crippen LogP contribution in [0.3, 0.4) is 0 Å². The van der Waals surface area contributed by atoms with Gasteiger partial charge in [-0.05, 0) is 54.8 Å². The van der Waals surface area contributed by atoms with E-state index in [1.165, 1.54) is 24.3 Å². The fraction of sp³-hybridized carbons (Fsp3) is 0.143. The number of nitriles is 1. The molecule has 0 aliphatic carbocycles. The van der Waals surface area contributed by atoms with E-state index in [0.29, 0.717) is 16.8 Å². The van der Waals surface area contributed by atoms with Gasteiger partial charge in [0.25, 0.3) is 0 Å². The third kappa shape index (κ3) is 4.07. The van der Waals surface area contributed by atoms with Gasteiger partial charge in [-0.25, -0.2) is 4.98 Å². The van der Waals surface area contributed by atoms with Crippen molar-refractivity contribution in [3.63, 3.8) is 0 Å². The van der Waals surface area contributed by atoms with E-state index < -0.39 is 6.36 Å². The van der Waals surface area contributed by atoms with E-state index in [2.05, 4.69) is 9.72 Å². The van der Waals surface area contributed by atoms with Crippen LogP contribution in [0.2, 0.25) is 0 Å². The van der Waals surface area contributed by atoms with Gasteiger partial charge in [0, 0.05) is 11.1 Å². The Labute approximate surface area is 160 Å². The maximum absolute atomic E-state index is 12.3. The molecule has 2 aromatic carbocycles. The minimum atomic E-state index is -4.77. The molecule has 1 heterocycles. The lowest BCUT2D eigenvalue weighted by Crippen LogP contribution is -2.16. The van der Waals surface area contributed by atoms with Crippen LogP contribution in [0.4, 0.5) is 19.0 Å². The highest BCUT2D eigenvalue weighted by Gasteiger charge is 2.31. The number of alkyl halides is 3. The number of pyridine rings is 1. The summed E-state index contributed by atoms with van der Waals surface area (Å²) in [5.74, 6) is -0.282. The zero-order valence-electron chi connectivity index (χ0n) is 15.1. The molecule has 28 heavy (non-hydrogen) atoms. The molecule has 0 fully saturated rings. The summed E-state index contributed by atoms with van der Waals surface area (Å²) >= 11 is 0. The van der Waals surface area contributed by atoms with Gasteiger partial charge < -0.3 is 10.5 Å². The standard InChI is InChI=1S/C21H16F3N3O/c1-12-3-4-15(9-13(12)2)19-10-17(18(11-25)20(26)27-19)14-5-7-16(8-6-14)28-21(22,23)24/h3-10H,1-2H3,(H2,26,27). The van der Waals surface area contributed by atoms with E-state index in [9.17, 15) is 18.4 Å². The van der Waals surface area contributed by atoms with Gasteiger partial charge in [-0.1, -0.05) is 24.3 Å². The number of nitrogens with two attached hydrogens (primary N) is 1. The Balaban J connectivity index is 2.08. The molecule has 0 unspecified atom stereocenters. The minimum Gasteiger partial charge on any atom is -0.406 e. The molecule has 0 aliphatic heterocycles. The third-order valence-electron chi connectivity index (χ3n) is 4.36. The summed E-state index contributed by atoms with van der Waals surface area (Å²) in [6.45, 7) is 3.97. The van der Waals surface area contributed by atoms with Crippen molar-refractivity contribution in [1.29, 1.82) is 5.26 Å². The summed E-state index contributed by atoms with van der Waals surface area (Å²) in [5.41, 5.74) is 10.8. The number of nitrogen functional groups attached to an aromatic ring is 1. The molecule has 0 aliphatic rings. The molecule has 0 saturated carbocycles. The van der Waals surface area contributed by atoms with Gasteiger partial charge in [0.2, 0.25) is 0 Å². The minimum absolute atomic E-state index is 0.0591. The molecule has 4 nitrogen and oxygen atoms in total. The molecule has 3 rings (SSSR count). The molecule has 0 radical (unpaired) electrons. The van der Waals surface area contributed by atoms with Crippen LogP contribution in [0, 0.1) is 25.2 Å². The lowest BCUT2D eigenvalue weighted by atomic mass is 9.97. The average Bonchev–Trinajstić information content (AvgIpc) is 2.62. The van der Waals surface area contributed by atoms with E-state index >= 15 is 0 Å². The van der Waals surface area contributed by atoms with Gasteiger partial charge >= 0.3 is 6.36 Å². The van der Waals surface area contributed by atoms with Gasteiger partial charge in [-0.2, -0.15) is 5.26 Å². The monoisotopic (exact) mass is 383 g/mol. The molecule has 0 bridgehead atoms. The van der Waals surface area contributed by atoms with E-state index in [1.807, 2.05) is 38.1 Å². The first-order valence-corrected chi connectivity index (χ1v) is 8.32. The van der Waals surface area contributed by atoms with Crippen LogP contribution < -0.4 is 10.5 Å². The number of aryl methyl sites for hydroxylation is 2. The first-order valence-electron chi connectivity index (χ1n) is 8.32. The second-order valence-electron chi connectivity index (χ2n) is 6.30.